The van der Waals surface area contributed by atoms with Gasteiger partial charge in [0.2, 0.25) is 0 Å². The van der Waals surface area contributed by atoms with E-state index in [1.54, 1.807) is 30.1 Å². The first kappa shape index (κ1) is 15.7. The highest BCUT2D eigenvalue weighted by molar-refractivity contribution is 7.99. The molecule has 0 unspecified atom stereocenters. The van der Waals surface area contributed by atoms with Crippen molar-refractivity contribution in [2.75, 3.05) is 12.4 Å². The van der Waals surface area contributed by atoms with Crippen molar-refractivity contribution in [1.29, 1.82) is 0 Å². The van der Waals surface area contributed by atoms with Crippen molar-refractivity contribution < 1.29 is 14.6 Å². The maximum Gasteiger partial charge on any atom is 0.335 e. The third kappa shape index (κ3) is 5.28. The van der Waals surface area contributed by atoms with Crippen LogP contribution in [0.3, 0.4) is 0 Å². The number of nitrogens with zero attached hydrogens (tertiary/aromatic N) is 1. The van der Waals surface area contributed by atoms with E-state index in [4.69, 9.17) is 21.4 Å². The van der Waals surface area contributed by atoms with Crippen LogP contribution in [0.5, 0.6) is 5.75 Å². The number of pyridine rings is 1. The minimum Gasteiger partial charge on any atom is -0.494 e. The molecule has 1 heterocycles. The van der Waals surface area contributed by atoms with Gasteiger partial charge in [-0.15, -0.1) is 11.8 Å². The first-order chi connectivity index (χ1) is 10.1. The molecule has 110 valence electrons. The van der Waals surface area contributed by atoms with E-state index in [2.05, 4.69) is 4.98 Å². The lowest BCUT2D eigenvalue weighted by Gasteiger charge is -2.06. The highest BCUT2D eigenvalue weighted by atomic mass is 35.5. The number of ether oxygens (including phenoxy) is 1. The van der Waals surface area contributed by atoms with Gasteiger partial charge in [-0.2, -0.15) is 0 Å². The summed E-state index contributed by atoms with van der Waals surface area (Å²) in [5.74, 6) is 0.630. The fourth-order valence-electron chi connectivity index (χ4n) is 1.57. The number of carboxylic acids is 1. The number of hydrogen-bond acceptors (Lipinski definition) is 4. The number of hydrogen-bond donors (Lipinski definition) is 1. The van der Waals surface area contributed by atoms with Gasteiger partial charge in [0.05, 0.1) is 22.2 Å². The van der Waals surface area contributed by atoms with Crippen molar-refractivity contribution in [2.45, 2.75) is 11.4 Å². The molecule has 0 spiro atoms. The minimum atomic E-state index is -0.937. The fraction of sp³-hybridized carbons (Fsp3) is 0.200. The maximum absolute atomic E-state index is 10.7. The van der Waals surface area contributed by atoms with Crippen molar-refractivity contribution in [2.24, 2.45) is 0 Å². The van der Waals surface area contributed by atoms with E-state index < -0.39 is 5.97 Å². The topological polar surface area (TPSA) is 59.4 Å². The molecular weight excluding hydrogens is 310 g/mol. The first-order valence-corrected chi connectivity index (χ1v) is 7.72. The second kappa shape index (κ2) is 7.90. The molecule has 1 N–H and O–H groups in total. The molecule has 0 saturated carbocycles. The predicted molar refractivity (Wildman–Crippen MR) is 83.5 cm³/mol. The molecule has 21 heavy (non-hydrogen) atoms. The monoisotopic (exact) mass is 323 g/mol. The number of aromatic nitrogens is 1. The molecule has 2 rings (SSSR count). The second-order valence-corrected chi connectivity index (χ2v) is 5.75. The number of rotatable bonds is 7. The van der Waals surface area contributed by atoms with Crippen LogP contribution in [-0.2, 0) is 0 Å². The quantitative estimate of drug-likeness (QED) is 0.616. The van der Waals surface area contributed by atoms with Crippen LogP contribution in [0.25, 0.3) is 0 Å². The maximum atomic E-state index is 10.7. The van der Waals surface area contributed by atoms with Gasteiger partial charge in [0.25, 0.3) is 0 Å². The average Bonchev–Trinajstić information content (AvgIpc) is 2.49. The summed E-state index contributed by atoms with van der Waals surface area (Å²) >= 11 is 7.41. The third-order valence-corrected chi connectivity index (χ3v) is 3.86. The smallest absolute Gasteiger partial charge is 0.335 e. The van der Waals surface area contributed by atoms with Gasteiger partial charge in [-0.1, -0.05) is 11.6 Å². The molecule has 0 atom stereocenters. The number of carbonyl (C=O) groups is 1. The summed E-state index contributed by atoms with van der Waals surface area (Å²) in [6.45, 7) is 0.576. The Morgan fingerprint density at radius 2 is 2.00 bits per heavy atom. The van der Waals surface area contributed by atoms with E-state index in [0.717, 1.165) is 17.2 Å². The van der Waals surface area contributed by atoms with Crippen molar-refractivity contribution in [3.63, 3.8) is 0 Å². The van der Waals surface area contributed by atoms with Gasteiger partial charge < -0.3 is 9.84 Å². The number of halogens is 1. The summed E-state index contributed by atoms with van der Waals surface area (Å²) in [6, 6.07) is 10.1. The van der Waals surface area contributed by atoms with Crippen LogP contribution in [0.15, 0.2) is 47.6 Å². The van der Waals surface area contributed by atoms with Gasteiger partial charge in [0.1, 0.15) is 5.75 Å². The van der Waals surface area contributed by atoms with E-state index >= 15 is 0 Å². The number of aromatic carboxylic acids is 1. The molecule has 0 aliphatic heterocycles. The van der Waals surface area contributed by atoms with Crippen molar-refractivity contribution in [3.05, 3.63) is 53.2 Å². The van der Waals surface area contributed by atoms with Crippen molar-refractivity contribution in [3.8, 4) is 5.75 Å². The Bertz CT molecular complexity index is 587. The lowest BCUT2D eigenvalue weighted by atomic mass is 10.2. The zero-order chi connectivity index (χ0) is 15.1. The Labute approximate surface area is 132 Å². The summed E-state index contributed by atoms with van der Waals surface area (Å²) in [4.78, 5) is 14.9. The van der Waals surface area contributed by atoms with E-state index in [1.807, 2.05) is 12.1 Å². The fourth-order valence-corrected chi connectivity index (χ4v) is 2.44. The molecule has 0 aliphatic carbocycles. The van der Waals surface area contributed by atoms with Crippen LogP contribution in [0.2, 0.25) is 5.02 Å². The molecule has 4 nitrogen and oxygen atoms in total. The molecule has 1 aromatic carbocycles. The Kier molecular flexibility index (Phi) is 5.90. The van der Waals surface area contributed by atoms with Crippen LogP contribution >= 0.6 is 23.4 Å². The van der Waals surface area contributed by atoms with E-state index in [0.29, 0.717) is 17.4 Å². The standard InChI is InChI=1S/C15H14ClNO3S/c16-12-4-7-14(17-10-12)21-9-1-8-20-13-5-2-11(3-6-13)15(18)19/h2-7,10H,1,8-9H2,(H,18,19). The van der Waals surface area contributed by atoms with Crippen LogP contribution in [0, 0.1) is 0 Å². The highest BCUT2D eigenvalue weighted by Crippen LogP contribution is 2.18. The Balaban J connectivity index is 1.67. The minimum absolute atomic E-state index is 0.256. The van der Waals surface area contributed by atoms with Gasteiger partial charge in [0.15, 0.2) is 0 Å². The van der Waals surface area contributed by atoms with Gasteiger partial charge >= 0.3 is 5.97 Å². The number of carboxylic acid groups (broad SMARTS) is 1. The SMILES string of the molecule is O=C(O)c1ccc(OCCCSc2ccc(Cl)cn2)cc1. The second-order valence-electron chi connectivity index (χ2n) is 4.19. The summed E-state index contributed by atoms with van der Waals surface area (Å²) in [5.41, 5.74) is 0.256. The first-order valence-electron chi connectivity index (χ1n) is 6.35. The Hall–Kier alpha value is -1.72. The van der Waals surface area contributed by atoms with Crippen LogP contribution in [-0.4, -0.2) is 28.4 Å². The largest absolute Gasteiger partial charge is 0.494 e. The molecule has 0 amide bonds. The lowest BCUT2D eigenvalue weighted by Crippen LogP contribution is -2.00. The van der Waals surface area contributed by atoms with Crippen LogP contribution < -0.4 is 4.74 Å². The lowest BCUT2D eigenvalue weighted by molar-refractivity contribution is 0.0697. The summed E-state index contributed by atoms with van der Waals surface area (Å²) in [5, 5.41) is 10.4. The molecule has 0 bridgehead atoms. The van der Waals surface area contributed by atoms with E-state index in [1.165, 1.54) is 12.1 Å². The van der Waals surface area contributed by atoms with Crippen molar-refractivity contribution in [1.82, 2.24) is 4.98 Å². The Morgan fingerprint density at radius 3 is 2.62 bits per heavy atom. The van der Waals surface area contributed by atoms with Gasteiger partial charge in [-0.25, -0.2) is 9.78 Å². The summed E-state index contributed by atoms with van der Waals surface area (Å²) < 4.78 is 5.55. The van der Waals surface area contributed by atoms with Crippen LogP contribution in [0.1, 0.15) is 16.8 Å². The number of thioether (sulfide) groups is 1. The predicted octanol–water partition coefficient (Wildman–Crippen LogP) is 3.99. The van der Waals surface area contributed by atoms with E-state index in [9.17, 15) is 4.79 Å². The molecule has 0 fully saturated rings. The molecule has 0 aliphatic rings. The average molecular weight is 324 g/mol. The zero-order valence-electron chi connectivity index (χ0n) is 11.2. The highest BCUT2D eigenvalue weighted by Gasteiger charge is 2.02. The normalized spacial score (nSPS) is 10.3. The van der Waals surface area contributed by atoms with Crippen molar-refractivity contribution >= 4 is 29.3 Å². The third-order valence-electron chi connectivity index (χ3n) is 2.61. The molecule has 1 aromatic heterocycles. The van der Waals surface area contributed by atoms with E-state index in [-0.39, 0.29) is 5.56 Å². The molecule has 2 aromatic rings. The van der Waals surface area contributed by atoms with Crippen LogP contribution in [0.4, 0.5) is 0 Å². The molecule has 0 saturated heterocycles. The number of benzene rings is 1. The summed E-state index contributed by atoms with van der Waals surface area (Å²) in [7, 11) is 0. The molecule has 6 heteroatoms. The zero-order valence-corrected chi connectivity index (χ0v) is 12.7. The molecular formula is C15H14ClNO3S. The van der Waals surface area contributed by atoms with Gasteiger partial charge in [0, 0.05) is 11.9 Å². The molecule has 0 radical (unpaired) electrons. The van der Waals surface area contributed by atoms with Gasteiger partial charge in [-0.3, -0.25) is 0 Å². The Morgan fingerprint density at radius 1 is 1.24 bits per heavy atom. The summed E-state index contributed by atoms with van der Waals surface area (Å²) in [6.07, 6.45) is 2.50. The van der Waals surface area contributed by atoms with Gasteiger partial charge in [-0.05, 0) is 42.8 Å².